The molecule has 0 radical (unpaired) electrons. The molecule has 0 aliphatic carbocycles. The van der Waals surface area contributed by atoms with Crippen LogP contribution in [-0.4, -0.2) is 21.6 Å². The summed E-state index contributed by atoms with van der Waals surface area (Å²) in [7, 11) is 0. The topological polar surface area (TPSA) is 104 Å². The Balaban J connectivity index is 2.57. The molecule has 1 aromatic rings. The number of amides is 2. The van der Waals surface area contributed by atoms with Crippen molar-refractivity contribution in [1.29, 1.82) is 0 Å². The number of aryl methyl sites for hydroxylation is 2. The fraction of sp³-hybridized carbons (Fsp3) is 0.667. The lowest BCUT2D eigenvalue weighted by Gasteiger charge is -2.14. The molecule has 0 aliphatic rings. The lowest BCUT2D eigenvalue weighted by molar-refractivity contribution is -0.123. The van der Waals surface area contributed by atoms with Crippen molar-refractivity contribution in [2.45, 2.75) is 52.5 Å². The van der Waals surface area contributed by atoms with Gasteiger partial charge >= 0.3 is 0 Å². The number of aromatic nitrogens is 2. The van der Waals surface area contributed by atoms with Crippen LogP contribution < -0.4 is 11.5 Å². The van der Waals surface area contributed by atoms with Gasteiger partial charge in [-0.3, -0.25) is 14.3 Å². The van der Waals surface area contributed by atoms with Gasteiger partial charge in [-0.25, -0.2) is 0 Å². The van der Waals surface area contributed by atoms with Gasteiger partial charge in [0.25, 0.3) is 0 Å². The molecule has 2 unspecified atom stereocenters. The summed E-state index contributed by atoms with van der Waals surface area (Å²) in [6, 6.07) is 1.94. The third kappa shape index (κ3) is 5.21. The van der Waals surface area contributed by atoms with E-state index in [-0.39, 0.29) is 23.7 Å². The van der Waals surface area contributed by atoms with Gasteiger partial charge in [-0.15, -0.1) is 0 Å². The maximum Gasteiger partial charge on any atom is 0.220 e. The van der Waals surface area contributed by atoms with E-state index in [1.807, 2.05) is 24.6 Å². The zero-order chi connectivity index (χ0) is 15.8. The van der Waals surface area contributed by atoms with Crippen LogP contribution in [0.1, 0.15) is 45.2 Å². The van der Waals surface area contributed by atoms with Crippen molar-refractivity contribution >= 4 is 11.8 Å². The molecule has 0 saturated carbocycles. The quantitative estimate of drug-likeness (QED) is 0.678. The number of carbonyl (C=O) groups is 2. The molecule has 0 aliphatic heterocycles. The van der Waals surface area contributed by atoms with Crippen LogP contribution >= 0.6 is 0 Å². The highest BCUT2D eigenvalue weighted by molar-refractivity contribution is 5.76. The van der Waals surface area contributed by atoms with Crippen molar-refractivity contribution in [1.82, 2.24) is 9.78 Å². The molecule has 0 bridgehead atoms. The van der Waals surface area contributed by atoms with Gasteiger partial charge in [0.05, 0.1) is 0 Å². The van der Waals surface area contributed by atoms with Crippen LogP contribution in [0.4, 0.5) is 0 Å². The van der Waals surface area contributed by atoms with Crippen molar-refractivity contribution in [2.75, 3.05) is 0 Å². The van der Waals surface area contributed by atoms with Crippen LogP contribution in [0.5, 0.6) is 0 Å². The summed E-state index contributed by atoms with van der Waals surface area (Å²) in [6.07, 6.45) is 5.41. The third-order valence-electron chi connectivity index (χ3n) is 4.03. The van der Waals surface area contributed by atoms with Crippen LogP contribution in [0.25, 0.3) is 0 Å². The normalized spacial score (nSPS) is 13.8. The van der Waals surface area contributed by atoms with Crippen molar-refractivity contribution in [3.8, 4) is 0 Å². The lowest BCUT2D eigenvalue weighted by Crippen LogP contribution is -2.25. The highest BCUT2D eigenvalue weighted by Gasteiger charge is 2.16. The van der Waals surface area contributed by atoms with E-state index in [2.05, 4.69) is 5.10 Å². The number of hydrogen-bond acceptors (Lipinski definition) is 3. The fourth-order valence-corrected chi connectivity index (χ4v) is 2.47. The van der Waals surface area contributed by atoms with Gasteiger partial charge in [-0.1, -0.05) is 13.8 Å². The molecule has 2 atom stereocenters. The van der Waals surface area contributed by atoms with E-state index in [0.29, 0.717) is 13.0 Å². The van der Waals surface area contributed by atoms with Gasteiger partial charge in [-0.05, 0) is 38.2 Å². The molecule has 1 heterocycles. The second-order valence-corrected chi connectivity index (χ2v) is 5.39. The van der Waals surface area contributed by atoms with Gasteiger partial charge in [0.2, 0.25) is 11.8 Å². The lowest BCUT2D eigenvalue weighted by atomic mass is 9.98. The predicted octanol–water partition coefficient (Wildman–Crippen LogP) is 1.23. The molecule has 2 amide bonds. The largest absolute Gasteiger partial charge is 0.369 e. The molecular weight excluding hydrogens is 268 g/mol. The smallest absolute Gasteiger partial charge is 0.220 e. The second-order valence-electron chi connectivity index (χ2n) is 5.39. The number of nitrogens with two attached hydrogens (primary N) is 2. The second kappa shape index (κ2) is 8.44. The number of nitrogens with zero attached hydrogens (tertiary/aromatic N) is 2. The van der Waals surface area contributed by atoms with Gasteiger partial charge in [0.15, 0.2) is 0 Å². The predicted molar refractivity (Wildman–Crippen MR) is 81.1 cm³/mol. The van der Waals surface area contributed by atoms with Crippen LogP contribution in [0, 0.1) is 11.8 Å². The minimum Gasteiger partial charge on any atom is -0.369 e. The highest BCUT2D eigenvalue weighted by atomic mass is 16.1. The summed E-state index contributed by atoms with van der Waals surface area (Å²) in [4.78, 5) is 22.5. The fourth-order valence-electron chi connectivity index (χ4n) is 2.47. The van der Waals surface area contributed by atoms with E-state index >= 15 is 0 Å². The molecule has 1 aromatic heterocycles. The standard InChI is InChI=1S/C15H26N4O2/c1-3-11(14(16)20)5-6-13-7-9-18-19(13)10-8-12(4-2)15(17)21/h7,9,11-12H,3-6,8,10H2,1-2H3,(H2,16,20)(H2,17,21). The SMILES string of the molecule is CCC(CCc1ccnn1CCC(CC)C(N)=O)C(N)=O. The maximum atomic E-state index is 11.3. The van der Waals surface area contributed by atoms with Crippen molar-refractivity contribution in [3.05, 3.63) is 18.0 Å². The van der Waals surface area contributed by atoms with Crippen molar-refractivity contribution in [3.63, 3.8) is 0 Å². The highest BCUT2D eigenvalue weighted by Crippen LogP contribution is 2.15. The van der Waals surface area contributed by atoms with Gasteiger partial charge < -0.3 is 11.5 Å². The van der Waals surface area contributed by atoms with E-state index < -0.39 is 0 Å². The Morgan fingerprint density at radius 1 is 1.14 bits per heavy atom. The van der Waals surface area contributed by atoms with E-state index in [0.717, 1.165) is 31.4 Å². The Labute approximate surface area is 125 Å². The molecule has 0 saturated heterocycles. The summed E-state index contributed by atoms with van der Waals surface area (Å²) < 4.78 is 1.89. The van der Waals surface area contributed by atoms with Crippen molar-refractivity contribution < 1.29 is 9.59 Å². The Bertz CT molecular complexity index is 429. The Hall–Kier alpha value is -1.85. The third-order valence-corrected chi connectivity index (χ3v) is 4.03. The number of carbonyl (C=O) groups excluding carboxylic acids is 2. The first-order valence-corrected chi connectivity index (χ1v) is 7.58. The Morgan fingerprint density at radius 3 is 2.24 bits per heavy atom. The average Bonchev–Trinajstić information content (AvgIpc) is 2.87. The monoisotopic (exact) mass is 294 g/mol. The van der Waals surface area contributed by atoms with Gasteiger partial charge in [0, 0.05) is 30.3 Å². The molecule has 0 fully saturated rings. The number of hydrogen-bond donors (Lipinski definition) is 2. The summed E-state index contributed by atoms with van der Waals surface area (Å²) in [5.74, 6) is -0.715. The van der Waals surface area contributed by atoms with E-state index in [1.165, 1.54) is 0 Å². The number of primary amides is 2. The molecule has 0 spiro atoms. The molecule has 6 nitrogen and oxygen atoms in total. The van der Waals surface area contributed by atoms with E-state index in [4.69, 9.17) is 11.5 Å². The molecular formula is C15H26N4O2. The molecule has 4 N–H and O–H groups in total. The van der Waals surface area contributed by atoms with Crippen LogP contribution in [0.15, 0.2) is 12.3 Å². The number of rotatable bonds is 10. The van der Waals surface area contributed by atoms with E-state index in [9.17, 15) is 9.59 Å². The zero-order valence-corrected chi connectivity index (χ0v) is 12.9. The first-order valence-electron chi connectivity index (χ1n) is 7.58. The van der Waals surface area contributed by atoms with Crippen LogP contribution in [0.3, 0.4) is 0 Å². The Morgan fingerprint density at radius 2 is 1.71 bits per heavy atom. The summed E-state index contributed by atoms with van der Waals surface area (Å²) in [5, 5.41) is 4.28. The summed E-state index contributed by atoms with van der Waals surface area (Å²) >= 11 is 0. The average molecular weight is 294 g/mol. The van der Waals surface area contributed by atoms with Gasteiger partial charge in [-0.2, -0.15) is 5.10 Å². The Kier molecular flexibility index (Phi) is 6.91. The summed E-state index contributed by atoms with van der Waals surface area (Å²) in [6.45, 7) is 4.58. The molecule has 6 heteroatoms. The van der Waals surface area contributed by atoms with Gasteiger partial charge in [0.1, 0.15) is 0 Å². The molecule has 118 valence electrons. The van der Waals surface area contributed by atoms with Crippen LogP contribution in [0.2, 0.25) is 0 Å². The maximum absolute atomic E-state index is 11.3. The van der Waals surface area contributed by atoms with E-state index in [1.54, 1.807) is 6.20 Å². The van der Waals surface area contributed by atoms with Crippen LogP contribution in [-0.2, 0) is 22.6 Å². The summed E-state index contributed by atoms with van der Waals surface area (Å²) in [5.41, 5.74) is 11.8. The molecule has 1 rings (SSSR count). The molecule has 0 aromatic carbocycles. The molecule has 21 heavy (non-hydrogen) atoms. The zero-order valence-electron chi connectivity index (χ0n) is 12.9. The minimum absolute atomic E-state index is 0.0950. The first kappa shape index (κ1) is 17.2. The van der Waals surface area contributed by atoms with Crippen molar-refractivity contribution in [2.24, 2.45) is 23.3 Å². The minimum atomic E-state index is -0.258. The first-order chi connectivity index (χ1) is 9.99.